The lowest BCUT2D eigenvalue weighted by Gasteiger charge is -2.19. The Hall–Kier alpha value is -1.22. The minimum Gasteiger partial charge on any atom is -0.486 e. The fourth-order valence-corrected chi connectivity index (χ4v) is 1.67. The highest BCUT2D eigenvalue weighted by Gasteiger charge is 2.12. The average molecular weight is 207 g/mol. The molecule has 0 aliphatic carbocycles. The quantitative estimate of drug-likeness (QED) is 0.816. The zero-order chi connectivity index (χ0) is 10.7. The maximum absolute atomic E-state index is 5.53. The van der Waals surface area contributed by atoms with Gasteiger partial charge >= 0.3 is 0 Å². The zero-order valence-corrected chi connectivity index (χ0v) is 9.25. The summed E-state index contributed by atoms with van der Waals surface area (Å²) in [6.07, 6.45) is 1.01. The second-order valence-corrected chi connectivity index (χ2v) is 3.87. The normalized spacial score (nSPS) is 16.1. The molecular formula is C12H17NO2. The molecule has 82 valence electrons. The van der Waals surface area contributed by atoms with Gasteiger partial charge < -0.3 is 14.8 Å². The predicted molar refractivity (Wildman–Crippen MR) is 59.7 cm³/mol. The molecule has 1 aromatic carbocycles. The van der Waals surface area contributed by atoms with Gasteiger partial charge in [-0.2, -0.15) is 0 Å². The van der Waals surface area contributed by atoms with Gasteiger partial charge in [0.25, 0.3) is 0 Å². The number of fused-ring (bicyclic) bond motifs is 1. The monoisotopic (exact) mass is 207 g/mol. The highest BCUT2D eigenvalue weighted by Crippen LogP contribution is 2.30. The molecule has 0 fully saturated rings. The SMILES string of the molecule is CN[C@H](C)Cc1ccc2c(c1)OCCO2. The highest BCUT2D eigenvalue weighted by molar-refractivity contribution is 5.43. The van der Waals surface area contributed by atoms with E-state index in [1.807, 2.05) is 13.1 Å². The third-order valence-corrected chi connectivity index (χ3v) is 2.64. The third kappa shape index (κ3) is 2.42. The van der Waals surface area contributed by atoms with E-state index in [1.54, 1.807) is 0 Å². The molecule has 1 aromatic rings. The van der Waals surface area contributed by atoms with Crippen molar-refractivity contribution in [1.82, 2.24) is 5.32 Å². The maximum atomic E-state index is 5.53. The first-order chi connectivity index (χ1) is 7.29. The molecule has 0 unspecified atom stereocenters. The third-order valence-electron chi connectivity index (χ3n) is 2.64. The van der Waals surface area contributed by atoms with Crippen LogP contribution in [0.25, 0.3) is 0 Å². The first-order valence-electron chi connectivity index (χ1n) is 5.35. The van der Waals surface area contributed by atoms with Crippen molar-refractivity contribution in [3.8, 4) is 11.5 Å². The van der Waals surface area contributed by atoms with Gasteiger partial charge in [-0.25, -0.2) is 0 Å². The summed E-state index contributed by atoms with van der Waals surface area (Å²) in [6, 6.07) is 6.64. The van der Waals surface area contributed by atoms with Crippen molar-refractivity contribution in [2.75, 3.05) is 20.3 Å². The molecule has 3 nitrogen and oxygen atoms in total. The largest absolute Gasteiger partial charge is 0.486 e. The van der Waals surface area contributed by atoms with Crippen LogP contribution in [0.15, 0.2) is 18.2 Å². The summed E-state index contributed by atoms with van der Waals surface area (Å²) in [7, 11) is 1.97. The van der Waals surface area contributed by atoms with E-state index in [0.717, 1.165) is 17.9 Å². The summed E-state index contributed by atoms with van der Waals surface area (Å²) in [4.78, 5) is 0. The molecule has 0 amide bonds. The zero-order valence-electron chi connectivity index (χ0n) is 9.25. The number of nitrogens with one attached hydrogen (secondary N) is 1. The van der Waals surface area contributed by atoms with Crippen molar-refractivity contribution in [3.63, 3.8) is 0 Å². The summed E-state index contributed by atoms with van der Waals surface area (Å²) in [5.41, 5.74) is 1.28. The van der Waals surface area contributed by atoms with E-state index in [1.165, 1.54) is 5.56 Å². The number of ether oxygens (including phenoxy) is 2. The lowest BCUT2D eigenvalue weighted by Crippen LogP contribution is -2.23. The predicted octanol–water partition coefficient (Wildman–Crippen LogP) is 1.61. The average Bonchev–Trinajstić information content (AvgIpc) is 2.29. The molecule has 1 heterocycles. The second kappa shape index (κ2) is 4.53. The second-order valence-electron chi connectivity index (χ2n) is 3.87. The maximum Gasteiger partial charge on any atom is 0.161 e. The number of benzene rings is 1. The van der Waals surface area contributed by atoms with Crippen molar-refractivity contribution in [2.24, 2.45) is 0 Å². The Bertz CT molecular complexity index is 338. The summed E-state index contributed by atoms with van der Waals surface area (Å²) in [5.74, 6) is 1.74. The van der Waals surface area contributed by atoms with Gasteiger partial charge in [0.1, 0.15) is 13.2 Å². The molecule has 0 aromatic heterocycles. The van der Waals surface area contributed by atoms with Crippen LogP contribution < -0.4 is 14.8 Å². The number of hydrogen-bond acceptors (Lipinski definition) is 3. The van der Waals surface area contributed by atoms with E-state index in [2.05, 4.69) is 24.4 Å². The molecular weight excluding hydrogens is 190 g/mol. The molecule has 0 radical (unpaired) electrons. The van der Waals surface area contributed by atoms with E-state index >= 15 is 0 Å². The molecule has 0 saturated heterocycles. The van der Waals surface area contributed by atoms with Crippen LogP contribution in [-0.4, -0.2) is 26.3 Å². The lowest BCUT2D eigenvalue weighted by atomic mass is 10.1. The number of likely N-dealkylation sites (N-methyl/N-ethyl adjacent to an activating group) is 1. The van der Waals surface area contributed by atoms with Crippen molar-refractivity contribution in [3.05, 3.63) is 23.8 Å². The fourth-order valence-electron chi connectivity index (χ4n) is 1.67. The van der Waals surface area contributed by atoms with E-state index in [4.69, 9.17) is 9.47 Å². The van der Waals surface area contributed by atoms with Gasteiger partial charge in [0.2, 0.25) is 0 Å². The van der Waals surface area contributed by atoms with Gasteiger partial charge in [-0.05, 0) is 38.1 Å². The van der Waals surface area contributed by atoms with E-state index in [0.29, 0.717) is 19.3 Å². The Morgan fingerprint density at radius 1 is 1.27 bits per heavy atom. The van der Waals surface area contributed by atoms with Crippen LogP contribution in [0.5, 0.6) is 11.5 Å². The standard InChI is InChI=1S/C12H17NO2/c1-9(13-2)7-10-3-4-11-12(8-10)15-6-5-14-11/h3-4,8-9,13H,5-7H2,1-2H3/t9-/m1/s1. The van der Waals surface area contributed by atoms with E-state index < -0.39 is 0 Å². The van der Waals surface area contributed by atoms with Crippen LogP contribution in [-0.2, 0) is 6.42 Å². The molecule has 2 rings (SSSR count). The Labute approximate surface area is 90.4 Å². The fraction of sp³-hybridized carbons (Fsp3) is 0.500. The topological polar surface area (TPSA) is 30.5 Å². The molecule has 15 heavy (non-hydrogen) atoms. The molecule has 1 N–H and O–H groups in total. The van der Waals surface area contributed by atoms with Crippen molar-refractivity contribution < 1.29 is 9.47 Å². The molecule has 0 saturated carbocycles. The van der Waals surface area contributed by atoms with Crippen LogP contribution in [0, 0.1) is 0 Å². The summed E-state index contributed by atoms with van der Waals surface area (Å²) >= 11 is 0. The van der Waals surface area contributed by atoms with Crippen molar-refractivity contribution >= 4 is 0 Å². The minimum absolute atomic E-state index is 0.479. The van der Waals surface area contributed by atoms with Crippen molar-refractivity contribution in [1.29, 1.82) is 0 Å². The van der Waals surface area contributed by atoms with Gasteiger partial charge in [0, 0.05) is 6.04 Å². The summed E-state index contributed by atoms with van der Waals surface area (Å²) in [5, 5.41) is 3.22. The Kier molecular flexibility index (Phi) is 3.11. The molecule has 3 heteroatoms. The van der Waals surface area contributed by atoms with Crippen LogP contribution in [0.2, 0.25) is 0 Å². The van der Waals surface area contributed by atoms with Gasteiger partial charge in [-0.15, -0.1) is 0 Å². The smallest absolute Gasteiger partial charge is 0.161 e. The van der Waals surface area contributed by atoms with Gasteiger partial charge in [0.05, 0.1) is 0 Å². The highest BCUT2D eigenvalue weighted by atomic mass is 16.6. The van der Waals surface area contributed by atoms with Gasteiger partial charge in [-0.3, -0.25) is 0 Å². The van der Waals surface area contributed by atoms with Gasteiger partial charge in [-0.1, -0.05) is 6.07 Å². The number of hydrogen-bond donors (Lipinski definition) is 1. The summed E-state index contributed by atoms with van der Waals surface area (Å²) in [6.45, 7) is 3.47. The molecule has 1 atom stereocenters. The van der Waals surface area contributed by atoms with Gasteiger partial charge in [0.15, 0.2) is 11.5 Å². The Morgan fingerprint density at radius 3 is 2.73 bits per heavy atom. The first kappa shape index (κ1) is 10.3. The molecule has 1 aliphatic rings. The van der Waals surface area contributed by atoms with Crippen molar-refractivity contribution in [2.45, 2.75) is 19.4 Å². The van der Waals surface area contributed by atoms with Crippen LogP contribution in [0.4, 0.5) is 0 Å². The van der Waals surface area contributed by atoms with E-state index in [9.17, 15) is 0 Å². The van der Waals surface area contributed by atoms with E-state index in [-0.39, 0.29) is 0 Å². The first-order valence-corrected chi connectivity index (χ1v) is 5.35. The van der Waals surface area contributed by atoms with Crippen LogP contribution in [0.3, 0.4) is 0 Å². The van der Waals surface area contributed by atoms with Crippen LogP contribution in [0.1, 0.15) is 12.5 Å². The lowest BCUT2D eigenvalue weighted by molar-refractivity contribution is 0.171. The molecule has 0 spiro atoms. The number of rotatable bonds is 3. The van der Waals surface area contributed by atoms with Crippen LogP contribution >= 0.6 is 0 Å². The molecule has 0 bridgehead atoms. The minimum atomic E-state index is 0.479. The molecule has 1 aliphatic heterocycles. The Morgan fingerprint density at radius 2 is 2.00 bits per heavy atom. The summed E-state index contributed by atoms with van der Waals surface area (Å²) < 4.78 is 11.0. The Balaban J connectivity index is 2.13.